The monoisotopic (exact) mass is 382 g/mol. The van der Waals surface area contributed by atoms with Gasteiger partial charge in [0.1, 0.15) is 18.3 Å². The van der Waals surface area contributed by atoms with Gasteiger partial charge in [-0.2, -0.15) is 0 Å². The van der Waals surface area contributed by atoms with Crippen LogP contribution in [0.1, 0.15) is 24.1 Å². The van der Waals surface area contributed by atoms with Gasteiger partial charge in [0.25, 0.3) is 0 Å². The molecule has 0 spiro atoms. The van der Waals surface area contributed by atoms with Crippen molar-refractivity contribution in [2.24, 2.45) is 5.92 Å². The van der Waals surface area contributed by atoms with Gasteiger partial charge in [0.05, 0.1) is 12.6 Å². The smallest absolute Gasteiger partial charge is 0.317 e. The Morgan fingerprint density at radius 1 is 1.15 bits per heavy atom. The first kappa shape index (κ1) is 18.9. The van der Waals surface area contributed by atoms with Crippen LogP contribution in [0.3, 0.4) is 0 Å². The average Bonchev–Trinajstić information content (AvgIpc) is 2.67. The molecular weight excluding hydrogens is 360 g/mol. The molecule has 0 radical (unpaired) electrons. The molecule has 1 fully saturated rings. The Hall–Kier alpha value is -2.86. The fourth-order valence-corrected chi connectivity index (χ4v) is 3.32. The Morgan fingerprint density at radius 2 is 1.85 bits per heavy atom. The second kappa shape index (κ2) is 8.68. The molecule has 140 valence electrons. The predicted octanol–water partition coefficient (Wildman–Crippen LogP) is 3.48. The third kappa shape index (κ3) is 4.46. The summed E-state index contributed by atoms with van der Waals surface area (Å²) in [5.41, 5.74) is 2.27. The lowest BCUT2D eigenvalue weighted by atomic mass is 9.88. The maximum absolute atomic E-state index is 12.9. The van der Waals surface area contributed by atoms with Gasteiger partial charge in [0.2, 0.25) is 0 Å². The second-order valence-electron chi connectivity index (χ2n) is 6.14. The first-order valence-corrected chi connectivity index (χ1v) is 9.19. The molecule has 2 aromatic carbocycles. The highest BCUT2D eigenvalue weighted by molar-refractivity contribution is 7.80. The fourth-order valence-electron chi connectivity index (χ4n) is 3.06. The molecule has 0 aliphatic carbocycles. The van der Waals surface area contributed by atoms with Gasteiger partial charge in [0, 0.05) is 11.3 Å². The van der Waals surface area contributed by atoms with E-state index in [1.807, 2.05) is 61.5 Å². The van der Waals surface area contributed by atoms with Gasteiger partial charge in [-0.3, -0.25) is 4.79 Å². The molecule has 1 aliphatic rings. The number of para-hydroxylation sites is 1. The normalized spacial score (nSPS) is 19.0. The van der Waals surface area contributed by atoms with Crippen LogP contribution in [0, 0.1) is 5.92 Å². The maximum atomic E-state index is 12.9. The number of rotatable bonds is 6. The highest BCUT2D eigenvalue weighted by Gasteiger charge is 2.39. The number of carbonyl (C=O) groups is 1. The van der Waals surface area contributed by atoms with E-state index in [1.54, 1.807) is 0 Å². The second-order valence-corrected chi connectivity index (χ2v) is 6.55. The van der Waals surface area contributed by atoms with Gasteiger partial charge in [-0.05, 0) is 30.8 Å². The molecule has 0 amide bonds. The summed E-state index contributed by atoms with van der Waals surface area (Å²) in [7, 11) is 0. The molecular formula is C21H22N2O3S. The third-order valence-corrected chi connectivity index (χ3v) is 4.52. The van der Waals surface area contributed by atoms with Crippen molar-refractivity contribution < 1.29 is 14.3 Å². The van der Waals surface area contributed by atoms with Crippen molar-refractivity contribution in [3.8, 4) is 5.75 Å². The molecule has 0 aromatic heterocycles. The number of nitrogens with one attached hydrogen (secondary N) is 2. The van der Waals surface area contributed by atoms with Gasteiger partial charge in [-0.25, -0.2) is 0 Å². The van der Waals surface area contributed by atoms with Gasteiger partial charge >= 0.3 is 5.97 Å². The summed E-state index contributed by atoms with van der Waals surface area (Å²) in [6.07, 6.45) is 0. The van der Waals surface area contributed by atoms with Crippen molar-refractivity contribution in [1.29, 1.82) is 0 Å². The summed E-state index contributed by atoms with van der Waals surface area (Å²) in [5.74, 6) is -0.305. The predicted molar refractivity (Wildman–Crippen MR) is 108 cm³/mol. The van der Waals surface area contributed by atoms with Gasteiger partial charge < -0.3 is 20.1 Å². The Labute approximate surface area is 164 Å². The van der Waals surface area contributed by atoms with E-state index in [4.69, 9.17) is 21.7 Å². The molecule has 2 N–H and O–H groups in total. The van der Waals surface area contributed by atoms with Crippen LogP contribution in [-0.2, 0) is 16.1 Å². The number of thiocarbonyl (C=S) groups is 1. The molecule has 6 heteroatoms. The summed E-state index contributed by atoms with van der Waals surface area (Å²) in [5, 5.41) is 6.53. The zero-order chi connectivity index (χ0) is 19.2. The van der Waals surface area contributed by atoms with Crippen molar-refractivity contribution in [3.63, 3.8) is 0 Å². The lowest BCUT2D eigenvalue weighted by Crippen LogP contribution is -2.51. The van der Waals surface area contributed by atoms with E-state index in [0.29, 0.717) is 23.2 Å². The van der Waals surface area contributed by atoms with Crippen molar-refractivity contribution in [2.45, 2.75) is 19.6 Å². The highest BCUT2D eigenvalue weighted by atomic mass is 32.1. The van der Waals surface area contributed by atoms with Crippen molar-refractivity contribution in [2.75, 3.05) is 6.61 Å². The van der Waals surface area contributed by atoms with Crippen LogP contribution in [0.25, 0.3) is 0 Å². The average molecular weight is 382 g/mol. The zero-order valence-electron chi connectivity index (χ0n) is 15.1. The van der Waals surface area contributed by atoms with E-state index in [9.17, 15) is 4.79 Å². The largest absolute Gasteiger partial charge is 0.494 e. The van der Waals surface area contributed by atoms with Crippen LogP contribution >= 0.6 is 12.2 Å². The van der Waals surface area contributed by atoms with Crippen LogP contribution in [-0.4, -0.2) is 17.7 Å². The number of ether oxygens (including phenoxy) is 2. The van der Waals surface area contributed by atoms with Crippen LogP contribution in [0.2, 0.25) is 0 Å². The Balaban J connectivity index is 1.85. The molecule has 3 rings (SSSR count). The first-order valence-electron chi connectivity index (χ1n) is 8.78. The maximum Gasteiger partial charge on any atom is 0.317 e. The minimum Gasteiger partial charge on any atom is -0.494 e. The third-order valence-electron chi connectivity index (χ3n) is 4.30. The molecule has 0 saturated carbocycles. The quantitative estimate of drug-likeness (QED) is 0.589. The lowest BCUT2D eigenvalue weighted by Gasteiger charge is -2.35. The van der Waals surface area contributed by atoms with Crippen LogP contribution < -0.4 is 15.4 Å². The van der Waals surface area contributed by atoms with E-state index in [-0.39, 0.29) is 12.6 Å². The molecule has 5 nitrogen and oxygen atoms in total. The van der Waals surface area contributed by atoms with E-state index < -0.39 is 12.0 Å². The topological polar surface area (TPSA) is 59.6 Å². The lowest BCUT2D eigenvalue weighted by molar-refractivity contribution is -0.149. The summed E-state index contributed by atoms with van der Waals surface area (Å²) in [6.45, 7) is 6.64. The van der Waals surface area contributed by atoms with E-state index in [2.05, 4.69) is 17.2 Å². The highest BCUT2D eigenvalue weighted by Crippen LogP contribution is 2.35. The van der Waals surface area contributed by atoms with Gasteiger partial charge in [0.15, 0.2) is 5.11 Å². The summed E-state index contributed by atoms with van der Waals surface area (Å²) in [6, 6.07) is 16.7. The molecule has 1 heterocycles. The number of hydrogen-bond donors (Lipinski definition) is 2. The Kier molecular flexibility index (Phi) is 6.08. The molecule has 2 atom stereocenters. The molecule has 1 aliphatic heterocycles. The number of benzene rings is 2. The first-order chi connectivity index (χ1) is 13.1. The SMILES string of the molecule is C=C1NC(=S)NC(c2ccccc2OCC)C1C(=O)OCc1ccccc1. The standard InChI is InChI=1S/C21H22N2O3S/c1-3-25-17-12-8-7-11-16(17)19-18(14(2)22-21(27)23-19)20(24)26-13-15-9-5-4-6-10-15/h4-12,18-19H,2-3,13H2,1H3,(H2,22,23,27). The fraction of sp³-hybridized carbons (Fsp3) is 0.238. The number of hydrogen-bond acceptors (Lipinski definition) is 4. The Morgan fingerprint density at radius 3 is 2.59 bits per heavy atom. The van der Waals surface area contributed by atoms with Crippen LogP contribution in [0.4, 0.5) is 0 Å². The summed E-state index contributed by atoms with van der Waals surface area (Å²) in [4.78, 5) is 12.9. The van der Waals surface area contributed by atoms with Crippen molar-refractivity contribution in [3.05, 3.63) is 78.0 Å². The summed E-state index contributed by atoms with van der Waals surface area (Å²) >= 11 is 5.27. The van der Waals surface area contributed by atoms with E-state index >= 15 is 0 Å². The molecule has 0 bridgehead atoms. The van der Waals surface area contributed by atoms with Crippen LogP contribution in [0.5, 0.6) is 5.75 Å². The minimum absolute atomic E-state index is 0.202. The van der Waals surface area contributed by atoms with Crippen molar-refractivity contribution >= 4 is 23.3 Å². The van der Waals surface area contributed by atoms with Crippen LogP contribution in [0.15, 0.2) is 66.9 Å². The van der Waals surface area contributed by atoms with Crippen molar-refractivity contribution in [1.82, 2.24) is 10.6 Å². The van der Waals surface area contributed by atoms with Gasteiger partial charge in [-0.15, -0.1) is 0 Å². The number of carbonyl (C=O) groups excluding carboxylic acids is 1. The van der Waals surface area contributed by atoms with Gasteiger partial charge in [-0.1, -0.05) is 55.1 Å². The molecule has 2 aromatic rings. The molecule has 27 heavy (non-hydrogen) atoms. The summed E-state index contributed by atoms with van der Waals surface area (Å²) < 4.78 is 11.3. The minimum atomic E-state index is -0.637. The number of esters is 1. The van der Waals surface area contributed by atoms with E-state index in [1.165, 1.54) is 0 Å². The molecule has 2 unspecified atom stereocenters. The zero-order valence-corrected chi connectivity index (χ0v) is 15.9. The molecule has 1 saturated heterocycles. The van der Waals surface area contributed by atoms with E-state index in [0.717, 1.165) is 11.1 Å². The Bertz CT molecular complexity index is 838.